The molecule has 1 aromatic carbocycles. The molecule has 21 heavy (non-hydrogen) atoms. The van der Waals surface area contributed by atoms with Gasteiger partial charge in [0.1, 0.15) is 40.7 Å². The Kier molecular flexibility index (Phi) is 3.13. The Hall–Kier alpha value is -2.76. The van der Waals surface area contributed by atoms with Crippen molar-refractivity contribution in [2.75, 3.05) is 0 Å². The number of aromatic carboxylic acids is 1. The molecule has 2 aromatic heterocycles. The van der Waals surface area contributed by atoms with E-state index in [-0.39, 0.29) is 12.2 Å². The Bertz CT molecular complexity index is 815. The van der Waals surface area contributed by atoms with Crippen molar-refractivity contribution in [2.45, 2.75) is 20.5 Å². The molecule has 0 atom stereocenters. The van der Waals surface area contributed by atoms with E-state index in [1.165, 1.54) is 0 Å². The minimum Gasteiger partial charge on any atom is -0.487 e. The number of furan rings is 1. The first-order valence-electron chi connectivity index (χ1n) is 6.36. The summed E-state index contributed by atoms with van der Waals surface area (Å²) in [5.74, 6) is 0.617. The first-order valence-corrected chi connectivity index (χ1v) is 6.36. The summed E-state index contributed by atoms with van der Waals surface area (Å²) in [5, 5.41) is 13.6. The molecule has 0 fully saturated rings. The van der Waals surface area contributed by atoms with Crippen molar-refractivity contribution in [1.29, 1.82) is 0 Å². The molecule has 0 radical (unpaired) electrons. The van der Waals surface area contributed by atoms with Crippen LogP contribution in [-0.4, -0.2) is 16.2 Å². The number of rotatable bonds is 4. The van der Waals surface area contributed by atoms with E-state index >= 15 is 0 Å². The van der Waals surface area contributed by atoms with Gasteiger partial charge in [-0.3, -0.25) is 0 Å². The molecule has 0 aliphatic heterocycles. The highest BCUT2D eigenvalue weighted by molar-refractivity contribution is 6.03. The van der Waals surface area contributed by atoms with Gasteiger partial charge in [-0.05, 0) is 32.0 Å². The number of aromatic nitrogens is 1. The van der Waals surface area contributed by atoms with Crippen molar-refractivity contribution in [3.8, 4) is 5.75 Å². The monoisotopic (exact) mass is 287 g/mol. The third kappa shape index (κ3) is 2.47. The molecule has 0 bridgehead atoms. The zero-order valence-electron chi connectivity index (χ0n) is 11.5. The van der Waals surface area contributed by atoms with Crippen LogP contribution in [0.4, 0.5) is 0 Å². The Morgan fingerprint density at radius 2 is 2.14 bits per heavy atom. The lowest BCUT2D eigenvalue weighted by Crippen LogP contribution is -1.98. The zero-order valence-corrected chi connectivity index (χ0v) is 11.5. The summed E-state index contributed by atoms with van der Waals surface area (Å²) in [6.45, 7) is 3.68. The fourth-order valence-corrected chi connectivity index (χ4v) is 2.20. The van der Waals surface area contributed by atoms with Gasteiger partial charge in [-0.1, -0.05) is 5.16 Å². The third-order valence-electron chi connectivity index (χ3n) is 3.11. The number of fused-ring (bicyclic) bond motifs is 1. The smallest absolute Gasteiger partial charge is 0.339 e. The highest BCUT2D eigenvalue weighted by atomic mass is 16.5. The molecule has 0 unspecified atom stereocenters. The van der Waals surface area contributed by atoms with Gasteiger partial charge in [-0.15, -0.1) is 0 Å². The van der Waals surface area contributed by atoms with Crippen molar-refractivity contribution in [2.24, 2.45) is 0 Å². The van der Waals surface area contributed by atoms with Crippen molar-refractivity contribution in [3.05, 3.63) is 47.0 Å². The molecule has 108 valence electrons. The fourth-order valence-electron chi connectivity index (χ4n) is 2.20. The normalized spacial score (nSPS) is 11.0. The van der Waals surface area contributed by atoms with Gasteiger partial charge in [-0.2, -0.15) is 0 Å². The van der Waals surface area contributed by atoms with Crippen LogP contribution in [0, 0.1) is 13.8 Å². The second kappa shape index (κ2) is 4.97. The van der Waals surface area contributed by atoms with Crippen LogP contribution in [0.25, 0.3) is 11.0 Å². The van der Waals surface area contributed by atoms with Crippen LogP contribution in [0.5, 0.6) is 5.75 Å². The average molecular weight is 287 g/mol. The van der Waals surface area contributed by atoms with Crippen molar-refractivity contribution in [1.82, 2.24) is 5.16 Å². The number of ether oxygens (including phenoxy) is 1. The van der Waals surface area contributed by atoms with Gasteiger partial charge >= 0.3 is 5.97 Å². The summed E-state index contributed by atoms with van der Waals surface area (Å²) in [5.41, 5.74) is 1.36. The molecule has 6 nitrogen and oxygen atoms in total. The third-order valence-corrected chi connectivity index (χ3v) is 3.11. The lowest BCUT2D eigenvalue weighted by Gasteiger charge is -2.03. The molecule has 2 heterocycles. The minimum atomic E-state index is -1.02. The van der Waals surface area contributed by atoms with Crippen LogP contribution in [0.1, 0.15) is 27.6 Å². The van der Waals surface area contributed by atoms with Crippen LogP contribution in [-0.2, 0) is 6.61 Å². The minimum absolute atomic E-state index is 0.160. The predicted octanol–water partition coefficient (Wildman–Crippen LogP) is 3.31. The van der Waals surface area contributed by atoms with Crippen LogP contribution in [0.15, 0.2) is 33.2 Å². The van der Waals surface area contributed by atoms with E-state index in [0.29, 0.717) is 33.9 Å². The number of nitrogens with zero attached hydrogens (tertiary/aromatic N) is 1. The number of carboxylic acids is 1. The number of hydrogen-bond acceptors (Lipinski definition) is 5. The summed E-state index contributed by atoms with van der Waals surface area (Å²) in [6.07, 6.45) is 0. The van der Waals surface area contributed by atoms with Gasteiger partial charge in [0, 0.05) is 11.5 Å². The van der Waals surface area contributed by atoms with Crippen LogP contribution < -0.4 is 4.74 Å². The van der Waals surface area contributed by atoms with E-state index < -0.39 is 5.97 Å². The molecular weight excluding hydrogens is 274 g/mol. The summed E-state index contributed by atoms with van der Waals surface area (Å²) in [7, 11) is 0. The van der Waals surface area contributed by atoms with Crippen LogP contribution in [0.3, 0.4) is 0 Å². The van der Waals surface area contributed by atoms with Crippen molar-refractivity contribution >= 4 is 16.9 Å². The van der Waals surface area contributed by atoms with Gasteiger partial charge in [-0.25, -0.2) is 4.79 Å². The molecule has 0 spiro atoms. The first-order chi connectivity index (χ1) is 10.0. The summed E-state index contributed by atoms with van der Waals surface area (Å²) in [6, 6.07) is 6.85. The summed E-state index contributed by atoms with van der Waals surface area (Å²) >= 11 is 0. The number of benzene rings is 1. The molecule has 0 amide bonds. The molecule has 0 aliphatic rings. The Morgan fingerprint density at radius 3 is 2.81 bits per heavy atom. The SMILES string of the molecule is Cc1cc(COc2ccc3oc(C)c(C(=O)O)c3c2)no1. The van der Waals surface area contributed by atoms with Gasteiger partial charge < -0.3 is 18.8 Å². The Morgan fingerprint density at radius 1 is 1.33 bits per heavy atom. The standard InChI is InChI=1S/C15H13NO5/c1-8-5-10(16-21-8)7-19-11-3-4-13-12(6-11)14(15(17)18)9(2)20-13/h3-6H,7H2,1-2H3,(H,17,18). The van der Waals surface area contributed by atoms with Gasteiger partial charge in [0.05, 0.1) is 0 Å². The molecule has 0 aliphatic carbocycles. The highest BCUT2D eigenvalue weighted by Gasteiger charge is 2.17. The maximum Gasteiger partial charge on any atom is 0.339 e. The maximum atomic E-state index is 11.3. The molecule has 1 N–H and O–H groups in total. The molecular formula is C15H13NO5. The molecule has 6 heteroatoms. The van der Waals surface area contributed by atoms with E-state index in [4.69, 9.17) is 13.7 Å². The quantitative estimate of drug-likeness (QED) is 0.792. The van der Waals surface area contributed by atoms with E-state index in [2.05, 4.69) is 5.16 Å². The van der Waals surface area contributed by atoms with Crippen molar-refractivity contribution < 1.29 is 23.6 Å². The maximum absolute atomic E-state index is 11.3. The lowest BCUT2D eigenvalue weighted by atomic mass is 10.1. The van der Waals surface area contributed by atoms with E-state index in [1.54, 1.807) is 38.1 Å². The predicted molar refractivity (Wildman–Crippen MR) is 73.5 cm³/mol. The van der Waals surface area contributed by atoms with Crippen LogP contribution in [0.2, 0.25) is 0 Å². The molecule has 3 rings (SSSR count). The van der Waals surface area contributed by atoms with Crippen molar-refractivity contribution in [3.63, 3.8) is 0 Å². The number of hydrogen-bond donors (Lipinski definition) is 1. The molecule has 3 aromatic rings. The number of carbonyl (C=O) groups is 1. The first kappa shape index (κ1) is 13.2. The van der Waals surface area contributed by atoms with E-state index in [0.717, 1.165) is 0 Å². The van der Waals surface area contributed by atoms with E-state index in [1.807, 2.05) is 0 Å². The summed E-state index contributed by atoms with van der Waals surface area (Å²) in [4.78, 5) is 11.3. The van der Waals surface area contributed by atoms with Gasteiger partial charge in [0.15, 0.2) is 0 Å². The molecule has 0 saturated carbocycles. The molecule has 0 saturated heterocycles. The Balaban J connectivity index is 1.89. The second-order valence-electron chi connectivity index (χ2n) is 4.71. The van der Waals surface area contributed by atoms with Crippen LogP contribution >= 0.6 is 0 Å². The van der Waals surface area contributed by atoms with E-state index in [9.17, 15) is 9.90 Å². The van der Waals surface area contributed by atoms with Gasteiger partial charge in [0.2, 0.25) is 0 Å². The zero-order chi connectivity index (χ0) is 15.0. The lowest BCUT2D eigenvalue weighted by molar-refractivity contribution is 0.0697. The topological polar surface area (TPSA) is 85.7 Å². The average Bonchev–Trinajstić information content (AvgIpc) is 2.98. The number of aryl methyl sites for hydroxylation is 2. The largest absolute Gasteiger partial charge is 0.487 e. The van der Waals surface area contributed by atoms with Gasteiger partial charge in [0.25, 0.3) is 0 Å². The highest BCUT2D eigenvalue weighted by Crippen LogP contribution is 2.29. The fraction of sp³-hybridized carbons (Fsp3) is 0.200. The second-order valence-corrected chi connectivity index (χ2v) is 4.71. The Labute approximate surface area is 119 Å². The number of carboxylic acid groups (broad SMARTS) is 1. The summed E-state index contributed by atoms with van der Waals surface area (Å²) < 4.78 is 16.0.